The normalized spacial score (nSPS) is 10.2. The van der Waals surface area contributed by atoms with Gasteiger partial charge in [-0.15, -0.1) is 0 Å². The third-order valence-corrected chi connectivity index (χ3v) is 1.97. The number of aromatic nitrogens is 2. The van der Waals surface area contributed by atoms with Gasteiger partial charge in [0.2, 0.25) is 0 Å². The number of hydrogen-bond acceptors (Lipinski definition) is 1. The zero-order chi connectivity index (χ0) is 7.56. The Labute approximate surface area is 65.9 Å². The molecule has 0 unspecified atom stereocenters. The van der Waals surface area contributed by atoms with Crippen LogP contribution in [0, 0.1) is 4.77 Å². The molecule has 0 bridgehead atoms. The smallest absolute Gasteiger partial charge is 0.177 e. The van der Waals surface area contributed by atoms with Gasteiger partial charge in [0.05, 0.1) is 0 Å². The van der Waals surface area contributed by atoms with Crippen LogP contribution in [0.2, 0.25) is 0 Å². The fraction of sp³-hybridized carbons (Fsp3) is 0.571. The fourth-order valence-corrected chi connectivity index (χ4v) is 1.38. The van der Waals surface area contributed by atoms with E-state index in [0.29, 0.717) is 0 Å². The predicted molar refractivity (Wildman–Crippen MR) is 44.7 cm³/mol. The fourth-order valence-electron chi connectivity index (χ4n) is 1.07. The summed E-state index contributed by atoms with van der Waals surface area (Å²) in [6.07, 6.45) is 3.02. The quantitative estimate of drug-likeness (QED) is 0.650. The lowest BCUT2D eigenvalue weighted by Crippen LogP contribution is -1.98. The van der Waals surface area contributed by atoms with Crippen molar-refractivity contribution in [1.29, 1.82) is 0 Å². The molecule has 10 heavy (non-hydrogen) atoms. The molecule has 2 nitrogen and oxygen atoms in total. The Kier molecular flexibility index (Phi) is 2.27. The molecule has 0 atom stereocenters. The third-order valence-electron chi connectivity index (χ3n) is 1.63. The van der Waals surface area contributed by atoms with Crippen molar-refractivity contribution in [3.8, 4) is 0 Å². The first kappa shape index (κ1) is 7.54. The van der Waals surface area contributed by atoms with E-state index >= 15 is 0 Å². The van der Waals surface area contributed by atoms with Gasteiger partial charge < -0.3 is 9.55 Å². The maximum absolute atomic E-state index is 5.05. The van der Waals surface area contributed by atoms with E-state index in [0.717, 1.165) is 17.7 Å². The van der Waals surface area contributed by atoms with Gasteiger partial charge in [-0.3, -0.25) is 0 Å². The van der Waals surface area contributed by atoms with Crippen LogP contribution in [-0.4, -0.2) is 9.55 Å². The first-order valence-electron chi connectivity index (χ1n) is 3.56. The predicted octanol–water partition coefficient (Wildman–Crippen LogP) is 2.13. The number of hydrogen-bond donors (Lipinski definition) is 1. The van der Waals surface area contributed by atoms with Crippen LogP contribution in [0.1, 0.15) is 19.5 Å². The molecule has 0 saturated carbocycles. The highest BCUT2D eigenvalue weighted by molar-refractivity contribution is 7.71. The molecule has 0 aliphatic carbocycles. The van der Waals surface area contributed by atoms with Crippen molar-refractivity contribution in [3.05, 3.63) is 16.7 Å². The van der Waals surface area contributed by atoms with Gasteiger partial charge >= 0.3 is 0 Å². The highest BCUT2D eigenvalue weighted by Crippen LogP contribution is 2.01. The largest absolute Gasteiger partial charge is 0.337 e. The van der Waals surface area contributed by atoms with Crippen LogP contribution in [-0.2, 0) is 13.0 Å². The Balaban J connectivity index is 3.13. The van der Waals surface area contributed by atoms with Crippen molar-refractivity contribution in [2.24, 2.45) is 0 Å². The summed E-state index contributed by atoms with van der Waals surface area (Å²) in [7, 11) is 0. The van der Waals surface area contributed by atoms with Gasteiger partial charge in [0.15, 0.2) is 4.77 Å². The Bertz CT molecular complexity index is 259. The molecule has 0 aliphatic rings. The highest BCUT2D eigenvalue weighted by atomic mass is 32.1. The average molecular weight is 156 g/mol. The first-order valence-corrected chi connectivity index (χ1v) is 3.97. The molecule has 1 aromatic rings. The minimum absolute atomic E-state index is 0.833. The monoisotopic (exact) mass is 156 g/mol. The van der Waals surface area contributed by atoms with Crippen LogP contribution in [0.15, 0.2) is 6.20 Å². The molecule has 0 spiro atoms. The van der Waals surface area contributed by atoms with Crippen LogP contribution in [0.4, 0.5) is 0 Å². The Hall–Kier alpha value is -0.570. The summed E-state index contributed by atoms with van der Waals surface area (Å²) >= 11 is 5.05. The molecule has 0 aliphatic heterocycles. The number of aryl methyl sites for hydroxylation is 1. The van der Waals surface area contributed by atoms with Gasteiger partial charge in [-0.2, -0.15) is 0 Å². The standard InChI is InChI=1S/C7H12N2S/c1-3-6-5-8-7(10)9(6)4-2/h5H,3-4H2,1-2H3,(H,8,10). The molecule has 3 heteroatoms. The Morgan fingerprint density at radius 1 is 1.60 bits per heavy atom. The van der Waals surface area contributed by atoms with E-state index in [9.17, 15) is 0 Å². The maximum Gasteiger partial charge on any atom is 0.177 e. The van der Waals surface area contributed by atoms with Gasteiger partial charge in [-0.25, -0.2) is 0 Å². The number of aromatic amines is 1. The summed E-state index contributed by atoms with van der Waals surface area (Å²) in [5.74, 6) is 0. The van der Waals surface area contributed by atoms with Crippen LogP contribution < -0.4 is 0 Å². The van der Waals surface area contributed by atoms with Crippen LogP contribution in [0.25, 0.3) is 0 Å². The Morgan fingerprint density at radius 2 is 2.30 bits per heavy atom. The van der Waals surface area contributed by atoms with E-state index in [2.05, 4.69) is 23.4 Å². The van der Waals surface area contributed by atoms with E-state index in [1.54, 1.807) is 0 Å². The first-order chi connectivity index (χ1) is 4.79. The SMILES string of the molecule is CCc1c[nH]c(=S)n1CC. The average Bonchev–Trinajstić information content (AvgIpc) is 2.30. The van der Waals surface area contributed by atoms with Gasteiger partial charge in [0.25, 0.3) is 0 Å². The summed E-state index contributed by atoms with van der Waals surface area (Å²) < 4.78 is 2.94. The third kappa shape index (κ3) is 1.14. The van der Waals surface area contributed by atoms with Crippen molar-refractivity contribution in [1.82, 2.24) is 9.55 Å². The molecule has 56 valence electrons. The van der Waals surface area contributed by atoms with Crippen molar-refractivity contribution in [2.75, 3.05) is 0 Å². The van der Waals surface area contributed by atoms with Gasteiger partial charge in [0, 0.05) is 18.4 Å². The van der Waals surface area contributed by atoms with Gasteiger partial charge in [-0.05, 0) is 25.6 Å². The molecular formula is C7H12N2S. The highest BCUT2D eigenvalue weighted by Gasteiger charge is 1.96. The van der Waals surface area contributed by atoms with Crippen molar-refractivity contribution >= 4 is 12.2 Å². The minimum atomic E-state index is 0.833. The van der Waals surface area contributed by atoms with Gasteiger partial charge in [-0.1, -0.05) is 6.92 Å². The van der Waals surface area contributed by atoms with E-state index in [1.807, 2.05) is 6.20 Å². The molecule has 0 aromatic carbocycles. The molecular weight excluding hydrogens is 144 g/mol. The summed E-state index contributed by atoms with van der Waals surface area (Å²) in [5.41, 5.74) is 1.28. The van der Waals surface area contributed by atoms with Crippen LogP contribution >= 0.6 is 12.2 Å². The van der Waals surface area contributed by atoms with Crippen LogP contribution in [0.5, 0.6) is 0 Å². The van der Waals surface area contributed by atoms with Crippen molar-refractivity contribution in [2.45, 2.75) is 26.8 Å². The Morgan fingerprint density at radius 3 is 2.70 bits per heavy atom. The summed E-state index contributed by atoms with van der Waals surface area (Å²) in [5, 5.41) is 0. The van der Waals surface area contributed by atoms with Crippen molar-refractivity contribution in [3.63, 3.8) is 0 Å². The summed E-state index contributed by atoms with van der Waals surface area (Å²) in [6.45, 7) is 5.19. The van der Waals surface area contributed by atoms with E-state index in [-0.39, 0.29) is 0 Å². The zero-order valence-electron chi connectivity index (χ0n) is 6.35. The second-order valence-corrected chi connectivity index (χ2v) is 2.57. The van der Waals surface area contributed by atoms with E-state index in [1.165, 1.54) is 5.69 Å². The lowest BCUT2D eigenvalue weighted by molar-refractivity contribution is 0.707. The number of H-pyrrole nitrogens is 1. The molecule has 1 heterocycles. The number of nitrogens with zero attached hydrogens (tertiary/aromatic N) is 1. The molecule has 1 rings (SSSR count). The summed E-state index contributed by atoms with van der Waals surface area (Å²) in [4.78, 5) is 3.02. The number of rotatable bonds is 2. The lowest BCUT2D eigenvalue weighted by Gasteiger charge is -1.99. The van der Waals surface area contributed by atoms with Gasteiger partial charge in [0.1, 0.15) is 0 Å². The lowest BCUT2D eigenvalue weighted by atomic mass is 10.4. The zero-order valence-corrected chi connectivity index (χ0v) is 7.16. The maximum atomic E-state index is 5.05. The number of imidazole rings is 1. The molecule has 0 radical (unpaired) electrons. The minimum Gasteiger partial charge on any atom is -0.337 e. The molecule has 0 amide bonds. The second-order valence-electron chi connectivity index (χ2n) is 2.18. The van der Waals surface area contributed by atoms with E-state index < -0.39 is 0 Å². The second kappa shape index (κ2) is 3.01. The van der Waals surface area contributed by atoms with Crippen molar-refractivity contribution < 1.29 is 0 Å². The molecule has 0 fully saturated rings. The topological polar surface area (TPSA) is 20.7 Å². The number of nitrogens with one attached hydrogen (secondary N) is 1. The summed E-state index contributed by atoms with van der Waals surface area (Å²) in [6, 6.07) is 0. The van der Waals surface area contributed by atoms with Crippen LogP contribution in [0.3, 0.4) is 0 Å². The molecule has 0 saturated heterocycles. The van der Waals surface area contributed by atoms with E-state index in [4.69, 9.17) is 12.2 Å². The molecule has 1 N–H and O–H groups in total. The molecule has 1 aromatic heterocycles.